The summed E-state index contributed by atoms with van der Waals surface area (Å²) in [6.45, 7) is 4.45. The highest BCUT2D eigenvalue weighted by Crippen LogP contribution is 2.32. The lowest BCUT2D eigenvalue weighted by molar-refractivity contribution is 0.359. The third-order valence-corrected chi connectivity index (χ3v) is 4.41. The van der Waals surface area contributed by atoms with Gasteiger partial charge < -0.3 is 4.90 Å². The number of fused-ring (bicyclic) bond motifs is 1. The van der Waals surface area contributed by atoms with E-state index in [-0.39, 0.29) is 0 Å². The van der Waals surface area contributed by atoms with E-state index in [0.29, 0.717) is 0 Å². The van der Waals surface area contributed by atoms with Crippen LogP contribution in [0.5, 0.6) is 0 Å². The monoisotopic (exact) mass is 244 g/mol. The third-order valence-electron chi connectivity index (χ3n) is 3.32. The molecule has 1 aliphatic heterocycles. The molecule has 0 atom stereocenters. The van der Waals surface area contributed by atoms with Gasteiger partial charge in [-0.25, -0.2) is 4.98 Å². The summed E-state index contributed by atoms with van der Waals surface area (Å²) in [5, 5.41) is 1.22. The van der Waals surface area contributed by atoms with Crippen LogP contribution in [0.4, 0.5) is 0 Å². The predicted octanol–water partition coefficient (Wildman–Crippen LogP) is 3.41. The summed E-state index contributed by atoms with van der Waals surface area (Å²) in [7, 11) is 2.18. The van der Waals surface area contributed by atoms with E-state index in [2.05, 4.69) is 43.1 Å². The minimum Gasteiger partial charge on any atom is -0.302 e. The van der Waals surface area contributed by atoms with E-state index < -0.39 is 0 Å². The van der Waals surface area contributed by atoms with Crippen molar-refractivity contribution >= 4 is 27.1 Å². The number of para-hydroxylation sites is 1. The van der Waals surface area contributed by atoms with Crippen molar-refractivity contribution in [3.8, 4) is 0 Å². The molecular weight excluding hydrogens is 228 g/mol. The number of rotatable bonds is 1. The van der Waals surface area contributed by atoms with Crippen molar-refractivity contribution in [3.63, 3.8) is 0 Å². The van der Waals surface area contributed by atoms with Gasteiger partial charge in [0, 0.05) is 13.1 Å². The Hall–Kier alpha value is -1.19. The first-order valence-corrected chi connectivity index (χ1v) is 6.79. The Morgan fingerprint density at radius 1 is 1.29 bits per heavy atom. The molecule has 1 aliphatic rings. The molecule has 1 aromatic carbocycles. The van der Waals surface area contributed by atoms with Gasteiger partial charge in [-0.3, -0.25) is 0 Å². The normalized spacial score (nSPS) is 18.0. The van der Waals surface area contributed by atoms with Crippen molar-refractivity contribution in [1.29, 1.82) is 0 Å². The molecule has 0 radical (unpaired) electrons. The molecule has 0 bridgehead atoms. The predicted molar refractivity (Wildman–Crippen MR) is 74.3 cm³/mol. The quantitative estimate of drug-likeness (QED) is 0.764. The van der Waals surface area contributed by atoms with Crippen LogP contribution in [0.25, 0.3) is 15.8 Å². The molecule has 1 aromatic heterocycles. The number of aromatic nitrogens is 1. The van der Waals surface area contributed by atoms with E-state index in [1.807, 2.05) is 11.3 Å². The van der Waals surface area contributed by atoms with Crippen LogP contribution in [-0.4, -0.2) is 30.0 Å². The van der Waals surface area contributed by atoms with Gasteiger partial charge in [-0.05, 0) is 38.1 Å². The van der Waals surface area contributed by atoms with Gasteiger partial charge in [-0.2, -0.15) is 0 Å². The zero-order chi connectivity index (χ0) is 11.8. The topological polar surface area (TPSA) is 16.1 Å². The second-order valence-electron chi connectivity index (χ2n) is 4.73. The van der Waals surface area contributed by atoms with Gasteiger partial charge >= 0.3 is 0 Å². The first-order chi connectivity index (χ1) is 8.24. The number of benzene rings is 1. The zero-order valence-electron chi connectivity index (χ0n) is 10.2. The molecule has 0 saturated heterocycles. The highest BCUT2D eigenvalue weighted by atomic mass is 32.1. The van der Waals surface area contributed by atoms with Crippen LogP contribution in [0, 0.1) is 0 Å². The maximum absolute atomic E-state index is 4.75. The minimum atomic E-state index is 1.07. The molecule has 3 heteroatoms. The molecule has 2 nitrogen and oxygen atoms in total. The van der Waals surface area contributed by atoms with Crippen molar-refractivity contribution in [2.75, 3.05) is 20.1 Å². The van der Waals surface area contributed by atoms with Crippen LogP contribution in [-0.2, 0) is 0 Å². The van der Waals surface area contributed by atoms with Crippen molar-refractivity contribution in [1.82, 2.24) is 9.88 Å². The van der Waals surface area contributed by atoms with E-state index >= 15 is 0 Å². The summed E-state index contributed by atoms with van der Waals surface area (Å²) >= 11 is 1.82. The van der Waals surface area contributed by atoms with Crippen molar-refractivity contribution in [2.24, 2.45) is 0 Å². The lowest BCUT2D eigenvalue weighted by Crippen LogP contribution is -2.26. The van der Waals surface area contributed by atoms with Gasteiger partial charge in [0.15, 0.2) is 0 Å². The Labute approximate surface area is 106 Å². The number of hydrogen-bond donors (Lipinski definition) is 0. The minimum absolute atomic E-state index is 1.07. The Balaban J connectivity index is 2.06. The number of thiazole rings is 1. The fourth-order valence-corrected chi connectivity index (χ4v) is 3.50. The molecule has 0 spiro atoms. The van der Waals surface area contributed by atoms with E-state index in [0.717, 1.165) is 25.0 Å². The summed E-state index contributed by atoms with van der Waals surface area (Å²) in [5.74, 6) is 0. The molecule has 0 amide bonds. The Morgan fingerprint density at radius 3 is 2.88 bits per heavy atom. The van der Waals surface area contributed by atoms with Crippen LogP contribution in [0.15, 0.2) is 29.8 Å². The van der Waals surface area contributed by atoms with Gasteiger partial charge in [0.1, 0.15) is 5.01 Å². The number of likely N-dealkylation sites (N-methyl/N-ethyl adjacent to an activating group) is 1. The molecule has 0 saturated carbocycles. The van der Waals surface area contributed by atoms with Gasteiger partial charge in [-0.15, -0.1) is 11.3 Å². The molecule has 0 aliphatic carbocycles. The zero-order valence-corrected chi connectivity index (χ0v) is 11.0. The highest BCUT2D eigenvalue weighted by molar-refractivity contribution is 7.19. The SMILES string of the molecule is CC1=C(c2nc3ccccc3s2)CCN(C)C1. The summed E-state index contributed by atoms with van der Waals surface area (Å²) in [5.41, 5.74) is 4.06. The molecular formula is C14H16N2S. The Morgan fingerprint density at radius 2 is 2.12 bits per heavy atom. The second kappa shape index (κ2) is 4.24. The highest BCUT2D eigenvalue weighted by Gasteiger charge is 2.17. The average Bonchev–Trinajstić information content (AvgIpc) is 2.72. The van der Waals surface area contributed by atoms with Crippen molar-refractivity contribution in [3.05, 3.63) is 34.8 Å². The number of hydrogen-bond acceptors (Lipinski definition) is 3. The molecule has 2 aromatic rings. The largest absolute Gasteiger partial charge is 0.302 e. The molecule has 0 fully saturated rings. The van der Waals surface area contributed by atoms with Crippen LogP contribution < -0.4 is 0 Å². The van der Waals surface area contributed by atoms with Crippen molar-refractivity contribution < 1.29 is 0 Å². The van der Waals surface area contributed by atoms with E-state index in [4.69, 9.17) is 4.98 Å². The summed E-state index contributed by atoms with van der Waals surface area (Å²) < 4.78 is 1.29. The molecule has 17 heavy (non-hydrogen) atoms. The van der Waals surface area contributed by atoms with Gasteiger partial charge in [0.05, 0.1) is 10.2 Å². The second-order valence-corrected chi connectivity index (χ2v) is 5.76. The average molecular weight is 244 g/mol. The van der Waals surface area contributed by atoms with Gasteiger partial charge in [0.25, 0.3) is 0 Å². The van der Waals surface area contributed by atoms with Crippen LogP contribution >= 0.6 is 11.3 Å². The standard InChI is InChI=1S/C14H16N2S/c1-10-9-16(2)8-7-11(10)14-15-12-5-3-4-6-13(12)17-14/h3-6H,7-9H2,1-2H3. The fourth-order valence-electron chi connectivity index (χ4n) is 2.39. The van der Waals surface area contributed by atoms with Crippen LogP contribution in [0.1, 0.15) is 18.4 Å². The smallest absolute Gasteiger partial charge is 0.120 e. The molecule has 3 rings (SSSR count). The van der Waals surface area contributed by atoms with Crippen molar-refractivity contribution in [2.45, 2.75) is 13.3 Å². The van der Waals surface area contributed by atoms with E-state index in [9.17, 15) is 0 Å². The van der Waals surface area contributed by atoms with Gasteiger partial charge in [0.2, 0.25) is 0 Å². The van der Waals surface area contributed by atoms with Crippen LogP contribution in [0.2, 0.25) is 0 Å². The Kier molecular flexibility index (Phi) is 2.73. The molecule has 2 heterocycles. The molecule has 88 valence electrons. The lowest BCUT2D eigenvalue weighted by atomic mass is 10.0. The maximum atomic E-state index is 4.75. The molecule has 0 unspecified atom stereocenters. The fraction of sp³-hybridized carbons (Fsp3) is 0.357. The Bertz CT molecular complexity index is 550. The number of nitrogens with zero attached hydrogens (tertiary/aromatic N) is 2. The van der Waals surface area contributed by atoms with E-state index in [1.165, 1.54) is 20.9 Å². The summed E-state index contributed by atoms with van der Waals surface area (Å²) in [6, 6.07) is 8.39. The van der Waals surface area contributed by atoms with E-state index in [1.54, 1.807) is 0 Å². The lowest BCUT2D eigenvalue weighted by Gasteiger charge is -2.25. The summed E-state index contributed by atoms with van der Waals surface area (Å²) in [4.78, 5) is 7.12. The molecule has 0 N–H and O–H groups in total. The first kappa shape index (κ1) is 10.9. The van der Waals surface area contributed by atoms with Gasteiger partial charge in [-0.1, -0.05) is 17.7 Å². The first-order valence-electron chi connectivity index (χ1n) is 5.97. The third kappa shape index (κ3) is 2.01. The summed E-state index contributed by atoms with van der Waals surface area (Å²) in [6.07, 6.45) is 1.13. The van der Waals surface area contributed by atoms with Crippen LogP contribution in [0.3, 0.4) is 0 Å². The maximum Gasteiger partial charge on any atom is 0.120 e.